The summed E-state index contributed by atoms with van der Waals surface area (Å²) in [7, 11) is 0. The molecule has 0 fully saturated rings. The van der Waals surface area contributed by atoms with E-state index < -0.39 is 0 Å². The normalized spacial score (nSPS) is 13.8. The average Bonchev–Trinajstić information content (AvgIpc) is 2.44. The van der Waals surface area contributed by atoms with Gasteiger partial charge in [0.25, 0.3) is 0 Å². The molecule has 106 valence electrons. The van der Waals surface area contributed by atoms with Crippen LogP contribution in [0.25, 0.3) is 0 Å². The van der Waals surface area contributed by atoms with Crippen LogP contribution in [0.15, 0.2) is 30.3 Å². The van der Waals surface area contributed by atoms with Crippen LogP contribution in [0, 0.1) is 11.8 Å². The molecule has 0 aliphatic heterocycles. The highest BCUT2D eigenvalue weighted by molar-refractivity contribution is 5.89. The van der Waals surface area contributed by atoms with E-state index in [-0.39, 0.29) is 12.6 Å². The van der Waals surface area contributed by atoms with E-state index in [1.807, 2.05) is 18.2 Å². The average molecular weight is 264 g/mol. The zero-order valence-electron chi connectivity index (χ0n) is 11.8. The Labute approximate surface area is 115 Å². The van der Waals surface area contributed by atoms with Gasteiger partial charge in [0.05, 0.1) is 12.2 Å². The number of benzene rings is 1. The van der Waals surface area contributed by atoms with Crippen molar-refractivity contribution in [1.29, 1.82) is 0 Å². The molecule has 19 heavy (non-hydrogen) atoms. The fourth-order valence-electron chi connectivity index (χ4n) is 2.18. The summed E-state index contributed by atoms with van der Waals surface area (Å²) in [4.78, 5) is 11.9. The molecule has 1 rings (SSSR count). The van der Waals surface area contributed by atoms with Gasteiger partial charge in [0.15, 0.2) is 0 Å². The molecular weight excluding hydrogens is 240 g/mol. The van der Waals surface area contributed by atoms with Gasteiger partial charge in [-0.2, -0.15) is 0 Å². The smallest absolute Gasteiger partial charge is 0.338 e. The van der Waals surface area contributed by atoms with Gasteiger partial charge in [0.2, 0.25) is 0 Å². The lowest BCUT2D eigenvalue weighted by Gasteiger charge is -2.22. The fraction of sp³-hybridized carbons (Fsp3) is 0.562. The second-order valence-corrected chi connectivity index (χ2v) is 5.00. The van der Waals surface area contributed by atoms with Crippen molar-refractivity contribution in [3.63, 3.8) is 0 Å². The number of hydrogen-bond acceptors (Lipinski definition) is 3. The van der Waals surface area contributed by atoms with E-state index >= 15 is 0 Å². The number of aliphatic hydroxyl groups is 1. The zero-order chi connectivity index (χ0) is 14.1. The number of aliphatic hydroxyl groups excluding tert-OH is 1. The molecule has 0 amide bonds. The second kappa shape index (κ2) is 8.70. The lowest BCUT2D eigenvalue weighted by molar-refractivity contribution is 0.0374. The van der Waals surface area contributed by atoms with Gasteiger partial charge in [-0.15, -0.1) is 0 Å². The van der Waals surface area contributed by atoms with E-state index in [4.69, 9.17) is 9.84 Å². The SMILES string of the molecule is CCCC(COC(=O)c1ccccc1)C(C)CCO. The summed E-state index contributed by atoms with van der Waals surface area (Å²) in [5.74, 6) is 0.427. The minimum atomic E-state index is -0.266. The van der Waals surface area contributed by atoms with Crippen LogP contribution in [0.2, 0.25) is 0 Å². The van der Waals surface area contributed by atoms with Crippen molar-refractivity contribution in [2.24, 2.45) is 11.8 Å². The van der Waals surface area contributed by atoms with Gasteiger partial charge in [-0.3, -0.25) is 0 Å². The summed E-state index contributed by atoms with van der Waals surface area (Å²) >= 11 is 0. The molecular formula is C16H24O3. The molecule has 0 radical (unpaired) electrons. The molecule has 0 saturated carbocycles. The van der Waals surface area contributed by atoms with Gasteiger partial charge >= 0.3 is 5.97 Å². The molecule has 0 saturated heterocycles. The Morgan fingerprint density at radius 1 is 1.26 bits per heavy atom. The predicted molar refractivity (Wildman–Crippen MR) is 76.0 cm³/mol. The van der Waals surface area contributed by atoms with Crippen LogP contribution in [-0.4, -0.2) is 24.3 Å². The van der Waals surface area contributed by atoms with Crippen LogP contribution in [0.4, 0.5) is 0 Å². The maximum absolute atomic E-state index is 11.9. The third-order valence-corrected chi connectivity index (χ3v) is 3.49. The summed E-state index contributed by atoms with van der Waals surface area (Å²) in [6, 6.07) is 9.05. The van der Waals surface area contributed by atoms with Gasteiger partial charge < -0.3 is 9.84 Å². The van der Waals surface area contributed by atoms with Crippen molar-refractivity contribution in [2.75, 3.05) is 13.2 Å². The Balaban J connectivity index is 2.49. The monoisotopic (exact) mass is 264 g/mol. The van der Waals surface area contributed by atoms with E-state index in [1.165, 1.54) is 0 Å². The van der Waals surface area contributed by atoms with Crippen LogP contribution in [0.3, 0.4) is 0 Å². The Morgan fingerprint density at radius 3 is 2.53 bits per heavy atom. The van der Waals surface area contributed by atoms with Gasteiger partial charge in [-0.25, -0.2) is 4.79 Å². The number of esters is 1. The topological polar surface area (TPSA) is 46.5 Å². The van der Waals surface area contributed by atoms with Gasteiger partial charge in [-0.1, -0.05) is 38.5 Å². The van der Waals surface area contributed by atoms with Crippen LogP contribution < -0.4 is 0 Å². The quantitative estimate of drug-likeness (QED) is 0.733. The molecule has 0 heterocycles. The first-order chi connectivity index (χ1) is 9.19. The number of hydrogen-bond donors (Lipinski definition) is 1. The zero-order valence-corrected chi connectivity index (χ0v) is 11.8. The molecule has 1 aromatic carbocycles. The second-order valence-electron chi connectivity index (χ2n) is 5.00. The van der Waals surface area contributed by atoms with Crippen molar-refractivity contribution in [3.05, 3.63) is 35.9 Å². The number of rotatable bonds is 8. The first-order valence-electron chi connectivity index (χ1n) is 7.02. The van der Waals surface area contributed by atoms with Gasteiger partial charge in [-0.05, 0) is 36.8 Å². The first kappa shape index (κ1) is 15.7. The Kier molecular flexibility index (Phi) is 7.19. The molecule has 0 aromatic heterocycles. The van der Waals surface area contributed by atoms with E-state index in [1.54, 1.807) is 12.1 Å². The van der Waals surface area contributed by atoms with Crippen LogP contribution in [0.1, 0.15) is 43.5 Å². The summed E-state index contributed by atoms with van der Waals surface area (Å²) in [5, 5.41) is 9.00. The molecule has 0 spiro atoms. The van der Waals surface area contributed by atoms with Gasteiger partial charge in [0, 0.05) is 6.61 Å². The van der Waals surface area contributed by atoms with Gasteiger partial charge in [0.1, 0.15) is 0 Å². The lowest BCUT2D eigenvalue weighted by atomic mass is 9.88. The lowest BCUT2D eigenvalue weighted by Crippen LogP contribution is -2.21. The Morgan fingerprint density at radius 2 is 1.95 bits per heavy atom. The van der Waals surface area contributed by atoms with Crippen LogP contribution in [-0.2, 0) is 4.74 Å². The molecule has 0 aliphatic rings. The highest BCUT2D eigenvalue weighted by atomic mass is 16.5. The minimum absolute atomic E-state index is 0.189. The fourth-order valence-corrected chi connectivity index (χ4v) is 2.18. The highest BCUT2D eigenvalue weighted by Crippen LogP contribution is 2.21. The molecule has 0 bridgehead atoms. The van der Waals surface area contributed by atoms with Crippen molar-refractivity contribution in [2.45, 2.75) is 33.1 Å². The highest BCUT2D eigenvalue weighted by Gasteiger charge is 2.18. The number of ether oxygens (including phenoxy) is 1. The summed E-state index contributed by atoms with van der Waals surface area (Å²) < 4.78 is 5.39. The van der Waals surface area contributed by atoms with E-state index in [0.717, 1.165) is 19.3 Å². The predicted octanol–water partition coefficient (Wildman–Crippen LogP) is 3.28. The molecule has 0 aliphatic carbocycles. The van der Waals surface area contributed by atoms with Crippen molar-refractivity contribution < 1.29 is 14.6 Å². The van der Waals surface area contributed by atoms with E-state index in [9.17, 15) is 4.79 Å². The minimum Gasteiger partial charge on any atom is -0.462 e. The van der Waals surface area contributed by atoms with E-state index in [0.29, 0.717) is 24.0 Å². The molecule has 3 heteroatoms. The third-order valence-electron chi connectivity index (χ3n) is 3.49. The molecule has 1 aromatic rings. The Bertz CT molecular complexity index is 362. The van der Waals surface area contributed by atoms with Crippen molar-refractivity contribution in [1.82, 2.24) is 0 Å². The maximum atomic E-state index is 11.9. The number of carbonyl (C=O) groups excluding carboxylic acids is 1. The van der Waals surface area contributed by atoms with Crippen molar-refractivity contribution in [3.8, 4) is 0 Å². The maximum Gasteiger partial charge on any atom is 0.338 e. The van der Waals surface area contributed by atoms with Crippen LogP contribution >= 0.6 is 0 Å². The largest absolute Gasteiger partial charge is 0.462 e. The summed E-state index contributed by atoms with van der Waals surface area (Å²) in [6.07, 6.45) is 2.83. The van der Waals surface area contributed by atoms with Crippen LogP contribution in [0.5, 0.6) is 0 Å². The summed E-state index contributed by atoms with van der Waals surface area (Å²) in [5.41, 5.74) is 0.590. The molecule has 2 atom stereocenters. The molecule has 1 N–H and O–H groups in total. The Hall–Kier alpha value is -1.35. The standard InChI is InChI=1S/C16H24O3/c1-3-7-15(13(2)10-11-17)12-19-16(18)14-8-5-4-6-9-14/h4-6,8-9,13,15,17H,3,7,10-12H2,1-2H3. The summed E-state index contributed by atoms with van der Waals surface area (Å²) in [6.45, 7) is 4.85. The van der Waals surface area contributed by atoms with Crippen molar-refractivity contribution >= 4 is 5.97 Å². The van der Waals surface area contributed by atoms with E-state index in [2.05, 4.69) is 13.8 Å². The molecule has 3 nitrogen and oxygen atoms in total. The molecule has 2 unspecified atom stereocenters. The number of carbonyl (C=O) groups is 1. The first-order valence-corrected chi connectivity index (χ1v) is 7.02. The third kappa shape index (κ3) is 5.43.